The van der Waals surface area contributed by atoms with Crippen molar-refractivity contribution in [1.82, 2.24) is 5.32 Å². The maximum Gasteiger partial charge on any atom is 0.446 e. The summed E-state index contributed by atoms with van der Waals surface area (Å²) < 4.78 is 52.2. The first-order chi connectivity index (χ1) is 13.3. The fourth-order valence-electron chi connectivity index (χ4n) is 2.31. The van der Waals surface area contributed by atoms with E-state index in [-0.39, 0.29) is 35.6 Å². The van der Waals surface area contributed by atoms with Gasteiger partial charge in [-0.15, -0.1) is 0 Å². The molecule has 1 aliphatic heterocycles. The lowest BCUT2D eigenvalue weighted by molar-refractivity contribution is -0.124. The van der Waals surface area contributed by atoms with Crippen LogP contribution in [0.5, 0.6) is 11.5 Å². The summed E-state index contributed by atoms with van der Waals surface area (Å²) in [5.74, 6) is -0.106. The molecule has 1 amide bonds. The van der Waals surface area contributed by atoms with Crippen LogP contribution in [0.4, 0.5) is 13.2 Å². The van der Waals surface area contributed by atoms with Crippen LogP contribution in [-0.2, 0) is 16.1 Å². The molecule has 10 heteroatoms. The summed E-state index contributed by atoms with van der Waals surface area (Å²) in [7, 11) is 0. The van der Waals surface area contributed by atoms with Crippen LogP contribution in [0, 0.1) is 0 Å². The molecule has 0 aliphatic carbocycles. The molecular formula is C18H14F3NO5S. The van der Waals surface area contributed by atoms with Crippen LogP contribution in [0.15, 0.2) is 47.4 Å². The summed E-state index contributed by atoms with van der Waals surface area (Å²) in [6, 6.07) is 9.96. The average molecular weight is 413 g/mol. The van der Waals surface area contributed by atoms with Gasteiger partial charge in [0.1, 0.15) is 0 Å². The van der Waals surface area contributed by atoms with Gasteiger partial charge < -0.3 is 19.5 Å². The van der Waals surface area contributed by atoms with Gasteiger partial charge in [-0.25, -0.2) is 4.79 Å². The number of hydrogen-bond donors (Lipinski definition) is 1. The topological polar surface area (TPSA) is 73.9 Å². The Bertz CT molecular complexity index is 871. The predicted octanol–water partition coefficient (Wildman–Crippen LogP) is 3.50. The predicted molar refractivity (Wildman–Crippen MR) is 93.0 cm³/mol. The van der Waals surface area contributed by atoms with Gasteiger partial charge in [0.2, 0.25) is 6.79 Å². The van der Waals surface area contributed by atoms with E-state index in [9.17, 15) is 22.8 Å². The number of ether oxygens (including phenoxy) is 3. The maximum atomic E-state index is 12.3. The Balaban J connectivity index is 1.44. The minimum atomic E-state index is -4.40. The second kappa shape index (κ2) is 8.42. The van der Waals surface area contributed by atoms with Gasteiger partial charge in [-0.2, -0.15) is 13.2 Å². The molecule has 1 N–H and O–H groups in total. The van der Waals surface area contributed by atoms with E-state index in [4.69, 9.17) is 14.2 Å². The number of thioether (sulfide) groups is 1. The lowest BCUT2D eigenvalue weighted by Gasteiger charge is -2.08. The summed E-state index contributed by atoms with van der Waals surface area (Å²) >= 11 is -0.282. The number of fused-ring (bicyclic) bond motifs is 1. The second-order valence-corrected chi connectivity index (χ2v) is 6.75. The quantitative estimate of drug-likeness (QED) is 0.577. The molecule has 2 aromatic rings. The Hall–Kier alpha value is -2.88. The van der Waals surface area contributed by atoms with Crippen molar-refractivity contribution in [3.05, 3.63) is 53.6 Å². The zero-order chi connectivity index (χ0) is 20.1. The zero-order valence-electron chi connectivity index (χ0n) is 14.2. The average Bonchev–Trinajstić information content (AvgIpc) is 3.11. The third-order valence-electron chi connectivity index (χ3n) is 3.58. The number of alkyl halides is 3. The van der Waals surface area contributed by atoms with Crippen LogP contribution in [0.1, 0.15) is 15.9 Å². The smallest absolute Gasteiger partial charge is 0.446 e. The molecule has 0 atom stereocenters. The minimum absolute atomic E-state index is 0.0504. The van der Waals surface area contributed by atoms with E-state index in [2.05, 4.69) is 5.32 Å². The SMILES string of the molecule is O=C(COC(=O)c1ccc(SC(F)(F)F)cc1)NCc1ccc2c(c1)OCO2. The largest absolute Gasteiger partial charge is 0.454 e. The zero-order valence-corrected chi connectivity index (χ0v) is 15.1. The Labute approximate surface area is 162 Å². The standard InChI is InChI=1S/C18H14F3NO5S/c19-18(20,21)28-13-4-2-12(3-5-13)17(24)25-9-16(23)22-8-11-1-6-14-15(7-11)27-10-26-14/h1-7H,8-10H2,(H,22,23). The Morgan fingerprint density at radius 1 is 1.07 bits per heavy atom. The van der Waals surface area contributed by atoms with E-state index in [1.165, 1.54) is 12.1 Å². The summed E-state index contributed by atoms with van der Waals surface area (Å²) in [4.78, 5) is 23.7. The lowest BCUT2D eigenvalue weighted by Crippen LogP contribution is -2.28. The van der Waals surface area contributed by atoms with Crippen molar-refractivity contribution in [2.45, 2.75) is 16.9 Å². The molecule has 0 saturated heterocycles. The summed E-state index contributed by atoms with van der Waals surface area (Å²) in [5.41, 5.74) is -3.57. The molecule has 0 aromatic heterocycles. The number of nitrogens with one attached hydrogen (secondary N) is 1. The molecule has 2 aromatic carbocycles. The third-order valence-corrected chi connectivity index (χ3v) is 4.32. The van der Waals surface area contributed by atoms with E-state index < -0.39 is 24.0 Å². The van der Waals surface area contributed by atoms with Crippen molar-refractivity contribution < 1.29 is 37.0 Å². The van der Waals surface area contributed by atoms with Crippen LogP contribution in [0.25, 0.3) is 0 Å². The summed E-state index contributed by atoms with van der Waals surface area (Å²) in [6.45, 7) is -0.157. The van der Waals surface area contributed by atoms with Gasteiger partial charge >= 0.3 is 11.5 Å². The van der Waals surface area contributed by atoms with E-state index >= 15 is 0 Å². The second-order valence-electron chi connectivity index (χ2n) is 5.61. The Morgan fingerprint density at radius 3 is 2.50 bits per heavy atom. The van der Waals surface area contributed by atoms with E-state index in [1.54, 1.807) is 18.2 Å². The van der Waals surface area contributed by atoms with Gasteiger partial charge in [-0.1, -0.05) is 6.07 Å². The number of halogens is 3. The molecule has 0 spiro atoms. The number of hydrogen-bond acceptors (Lipinski definition) is 6. The molecule has 0 saturated carbocycles. The number of esters is 1. The summed E-state index contributed by atoms with van der Waals surface area (Å²) in [5, 5.41) is 2.59. The Kier molecular flexibility index (Phi) is 5.98. The molecule has 0 unspecified atom stereocenters. The van der Waals surface area contributed by atoms with Crippen LogP contribution < -0.4 is 14.8 Å². The van der Waals surface area contributed by atoms with Crippen LogP contribution >= 0.6 is 11.8 Å². The lowest BCUT2D eigenvalue weighted by atomic mass is 10.2. The first-order valence-corrected chi connectivity index (χ1v) is 8.80. The molecule has 6 nitrogen and oxygen atoms in total. The monoisotopic (exact) mass is 413 g/mol. The van der Waals surface area contributed by atoms with Gasteiger partial charge in [-0.3, -0.25) is 4.79 Å². The molecule has 0 radical (unpaired) electrons. The highest BCUT2D eigenvalue weighted by atomic mass is 32.2. The Morgan fingerprint density at radius 2 is 1.79 bits per heavy atom. The van der Waals surface area contributed by atoms with Crippen LogP contribution in [0.2, 0.25) is 0 Å². The number of carbonyl (C=O) groups excluding carboxylic acids is 2. The van der Waals surface area contributed by atoms with Gasteiger partial charge in [0.25, 0.3) is 5.91 Å². The molecule has 0 fully saturated rings. The highest BCUT2D eigenvalue weighted by Crippen LogP contribution is 2.36. The number of carbonyl (C=O) groups is 2. The van der Waals surface area contributed by atoms with Crippen molar-refractivity contribution in [3.8, 4) is 11.5 Å². The molecule has 1 aliphatic rings. The molecule has 0 bridgehead atoms. The highest BCUT2D eigenvalue weighted by molar-refractivity contribution is 8.00. The molecule has 3 rings (SSSR count). The van der Waals surface area contributed by atoms with Crippen LogP contribution in [0.3, 0.4) is 0 Å². The maximum absolute atomic E-state index is 12.3. The highest BCUT2D eigenvalue weighted by Gasteiger charge is 2.29. The first-order valence-electron chi connectivity index (χ1n) is 7.98. The van der Waals surface area contributed by atoms with Crippen molar-refractivity contribution in [3.63, 3.8) is 0 Å². The van der Waals surface area contributed by atoms with E-state index in [0.29, 0.717) is 11.5 Å². The van der Waals surface area contributed by atoms with Crippen molar-refractivity contribution in [2.75, 3.05) is 13.4 Å². The van der Waals surface area contributed by atoms with E-state index in [1.807, 2.05) is 0 Å². The summed E-state index contributed by atoms with van der Waals surface area (Å²) in [6.07, 6.45) is 0. The van der Waals surface area contributed by atoms with Gasteiger partial charge in [0.15, 0.2) is 18.1 Å². The number of benzene rings is 2. The van der Waals surface area contributed by atoms with Gasteiger partial charge in [0.05, 0.1) is 5.56 Å². The van der Waals surface area contributed by atoms with Gasteiger partial charge in [-0.05, 0) is 53.7 Å². The van der Waals surface area contributed by atoms with E-state index in [0.717, 1.165) is 17.7 Å². The molecule has 1 heterocycles. The first kappa shape index (κ1) is 19.9. The van der Waals surface area contributed by atoms with Crippen molar-refractivity contribution in [1.29, 1.82) is 0 Å². The fraction of sp³-hybridized carbons (Fsp3) is 0.222. The number of amides is 1. The van der Waals surface area contributed by atoms with Crippen molar-refractivity contribution in [2.24, 2.45) is 0 Å². The molecule has 148 valence electrons. The normalized spacial score (nSPS) is 12.5. The van der Waals surface area contributed by atoms with Gasteiger partial charge in [0, 0.05) is 11.4 Å². The number of rotatable bonds is 6. The van der Waals surface area contributed by atoms with Crippen molar-refractivity contribution >= 4 is 23.6 Å². The third kappa shape index (κ3) is 5.56. The minimum Gasteiger partial charge on any atom is -0.454 e. The molecule has 28 heavy (non-hydrogen) atoms. The van der Waals surface area contributed by atoms with Crippen LogP contribution in [-0.4, -0.2) is 30.8 Å². The molecular weight excluding hydrogens is 399 g/mol. The fourth-order valence-corrected chi connectivity index (χ4v) is 2.85.